The average molecular weight is 1550 g/mol. The topological polar surface area (TPSA) is 237 Å². The number of phosphoric ester groups is 2. The van der Waals surface area contributed by atoms with Crippen LogP contribution in [0.4, 0.5) is 0 Å². The highest BCUT2D eigenvalue weighted by Gasteiger charge is 2.30. The number of aliphatic hydroxyl groups excluding tert-OH is 1. The Morgan fingerprint density at radius 2 is 0.434 bits per heavy atom. The van der Waals surface area contributed by atoms with Crippen LogP contribution in [0, 0.1) is 11.8 Å². The molecule has 3 N–H and O–H groups in total. The number of rotatable bonds is 86. The van der Waals surface area contributed by atoms with Gasteiger partial charge in [-0.3, -0.25) is 37.3 Å². The molecule has 630 valence electrons. The Bertz CT molecular complexity index is 2030. The van der Waals surface area contributed by atoms with Crippen LogP contribution >= 0.6 is 15.6 Å². The summed E-state index contributed by atoms with van der Waals surface area (Å²) < 4.78 is 69.0. The Balaban J connectivity index is 5.26. The van der Waals surface area contributed by atoms with Crippen molar-refractivity contribution in [2.45, 2.75) is 484 Å². The zero-order valence-corrected chi connectivity index (χ0v) is 71.5. The van der Waals surface area contributed by atoms with Gasteiger partial charge in [0.25, 0.3) is 0 Å². The van der Waals surface area contributed by atoms with Gasteiger partial charge in [0.15, 0.2) is 12.2 Å². The maximum atomic E-state index is 13.2. The van der Waals surface area contributed by atoms with Crippen molar-refractivity contribution in [3.05, 3.63) is 0 Å². The van der Waals surface area contributed by atoms with Crippen molar-refractivity contribution in [2.24, 2.45) is 11.8 Å². The van der Waals surface area contributed by atoms with Crippen LogP contribution in [0.3, 0.4) is 0 Å². The van der Waals surface area contributed by atoms with E-state index in [2.05, 4.69) is 41.5 Å². The lowest BCUT2D eigenvalue weighted by Gasteiger charge is -2.21. The Kier molecular flexibility index (Phi) is 76.9. The monoisotopic (exact) mass is 1550 g/mol. The quantitative estimate of drug-likeness (QED) is 0.0222. The fourth-order valence-electron chi connectivity index (χ4n) is 13.6. The molecule has 0 spiro atoms. The van der Waals surface area contributed by atoms with Crippen molar-refractivity contribution < 1.29 is 80.2 Å². The van der Waals surface area contributed by atoms with E-state index in [1.807, 2.05) is 0 Å². The van der Waals surface area contributed by atoms with Crippen LogP contribution in [0.15, 0.2) is 0 Å². The molecule has 0 aliphatic rings. The number of carbonyl (C=O) groups excluding carboxylic acids is 4. The highest BCUT2D eigenvalue weighted by Crippen LogP contribution is 2.45. The Hall–Kier alpha value is -1.94. The Labute approximate surface area is 651 Å². The summed E-state index contributed by atoms with van der Waals surface area (Å²) in [7, 11) is -9.93. The summed E-state index contributed by atoms with van der Waals surface area (Å²) in [6.07, 6.45) is 70.7. The normalized spacial score (nSPS) is 13.8. The van der Waals surface area contributed by atoms with Crippen LogP contribution in [-0.4, -0.2) is 96.7 Å². The summed E-state index contributed by atoms with van der Waals surface area (Å²) in [5, 5.41) is 10.7. The predicted molar refractivity (Wildman–Crippen MR) is 437 cm³/mol. The van der Waals surface area contributed by atoms with E-state index >= 15 is 0 Å². The second kappa shape index (κ2) is 78.3. The average Bonchev–Trinajstić information content (AvgIpc) is 0.899. The molecule has 0 aromatic rings. The van der Waals surface area contributed by atoms with Gasteiger partial charge in [-0.1, -0.05) is 414 Å². The molecule has 0 radical (unpaired) electrons. The number of phosphoric acid groups is 2. The van der Waals surface area contributed by atoms with Gasteiger partial charge in [-0.05, 0) is 37.5 Å². The van der Waals surface area contributed by atoms with E-state index in [0.29, 0.717) is 25.7 Å². The molecule has 0 aliphatic carbocycles. The van der Waals surface area contributed by atoms with Gasteiger partial charge in [0.05, 0.1) is 26.4 Å². The fraction of sp³-hybridized carbons (Fsp3) is 0.954. The van der Waals surface area contributed by atoms with Crippen LogP contribution in [0.1, 0.15) is 465 Å². The maximum absolute atomic E-state index is 13.2. The van der Waals surface area contributed by atoms with Crippen LogP contribution in [0.5, 0.6) is 0 Å². The van der Waals surface area contributed by atoms with E-state index in [1.54, 1.807) is 0 Å². The maximum Gasteiger partial charge on any atom is 0.472 e. The molecule has 106 heavy (non-hydrogen) atoms. The van der Waals surface area contributed by atoms with Crippen LogP contribution in [0.2, 0.25) is 0 Å². The molecule has 5 atom stereocenters. The summed E-state index contributed by atoms with van der Waals surface area (Å²) in [6.45, 7) is 9.73. The third-order valence-corrected chi connectivity index (χ3v) is 22.4. The van der Waals surface area contributed by atoms with Gasteiger partial charge >= 0.3 is 39.5 Å². The van der Waals surface area contributed by atoms with Crippen LogP contribution < -0.4 is 0 Å². The highest BCUT2D eigenvalue weighted by atomic mass is 31.2. The molecule has 0 aromatic carbocycles. The molecule has 0 bridgehead atoms. The van der Waals surface area contributed by atoms with Gasteiger partial charge in [-0.2, -0.15) is 0 Å². The lowest BCUT2D eigenvalue weighted by atomic mass is 10.0. The van der Waals surface area contributed by atoms with Crippen molar-refractivity contribution in [3.63, 3.8) is 0 Å². The summed E-state index contributed by atoms with van der Waals surface area (Å²) >= 11 is 0. The summed E-state index contributed by atoms with van der Waals surface area (Å²) in [6, 6.07) is 0. The Morgan fingerprint density at radius 3 is 0.642 bits per heavy atom. The van der Waals surface area contributed by atoms with Crippen molar-refractivity contribution in [3.8, 4) is 0 Å². The number of ether oxygens (including phenoxy) is 4. The minimum absolute atomic E-state index is 0.108. The summed E-state index contributed by atoms with van der Waals surface area (Å²) in [4.78, 5) is 73.3. The van der Waals surface area contributed by atoms with Gasteiger partial charge in [0.2, 0.25) is 0 Å². The van der Waals surface area contributed by atoms with Crippen molar-refractivity contribution in [1.82, 2.24) is 0 Å². The predicted octanol–water partition coefficient (Wildman–Crippen LogP) is 26.6. The molecular formula is C87H170O17P2. The molecule has 0 aliphatic heterocycles. The molecule has 17 nitrogen and oxygen atoms in total. The van der Waals surface area contributed by atoms with Gasteiger partial charge in [0, 0.05) is 25.7 Å². The second-order valence-corrected chi connectivity index (χ2v) is 35.1. The highest BCUT2D eigenvalue weighted by molar-refractivity contribution is 7.47. The largest absolute Gasteiger partial charge is 0.472 e. The second-order valence-electron chi connectivity index (χ2n) is 32.2. The SMILES string of the molecule is CCCCCCCCCCCCCCCCCCCCCC(=O)O[C@H](COC(=O)CCCCCCCCCCCCCCCCCC(C)C)COP(=O)(O)OC[C@@H](O)COP(=O)(O)OC[C@@H](COC(=O)CCCCCCCCCCCCCC)OC(=O)CCCCCCCCCCCCCCCCC(C)C. The zero-order chi connectivity index (χ0) is 77.8. The number of hydrogen-bond acceptors (Lipinski definition) is 15. The van der Waals surface area contributed by atoms with Crippen LogP contribution in [0.25, 0.3) is 0 Å². The summed E-state index contributed by atoms with van der Waals surface area (Å²) in [5.41, 5.74) is 0. The third-order valence-electron chi connectivity index (χ3n) is 20.5. The minimum Gasteiger partial charge on any atom is -0.462 e. The fourth-order valence-corrected chi connectivity index (χ4v) is 15.2. The molecule has 0 fully saturated rings. The van der Waals surface area contributed by atoms with Gasteiger partial charge in [-0.15, -0.1) is 0 Å². The molecule has 0 rings (SSSR count). The zero-order valence-electron chi connectivity index (χ0n) is 69.7. The van der Waals surface area contributed by atoms with Gasteiger partial charge in [0.1, 0.15) is 19.3 Å². The number of aliphatic hydroxyl groups is 1. The van der Waals surface area contributed by atoms with E-state index < -0.39 is 97.5 Å². The molecule has 0 heterocycles. The minimum atomic E-state index is -4.97. The molecule has 19 heteroatoms. The molecule has 0 aromatic heterocycles. The standard InChI is InChI=1S/C87H170O17P2/c1-7-9-11-13-15-17-19-21-22-23-24-25-28-35-41-47-53-59-65-71-86(91)104-83(76-98-85(90)70-64-58-52-46-40-34-29-26-27-32-37-43-49-55-61-67-79(3)4)78-102-106(95,96)100-74-81(88)73-99-105(93,94)101-77-82(75-97-84(89)69-63-57-51-45-39-20-18-16-14-12-10-8-2)103-87(92)72-66-60-54-48-42-36-31-30-33-38-44-50-56-62-68-80(5)6/h79-83,88H,7-78H2,1-6H3,(H,93,94)(H,95,96)/t81-,82+,83+/m0/s1. The van der Waals surface area contributed by atoms with Crippen LogP contribution in [-0.2, 0) is 65.4 Å². The molecule has 0 saturated heterocycles. The van der Waals surface area contributed by atoms with E-state index in [-0.39, 0.29) is 25.7 Å². The molecule has 2 unspecified atom stereocenters. The van der Waals surface area contributed by atoms with E-state index in [9.17, 15) is 43.2 Å². The lowest BCUT2D eigenvalue weighted by Crippen LogP contribution is -2.30. The smallest absolute Gasteiger partial charge is 0.462 e. The number of esters is 4. The Morgan fingerprint density at radius 1 is 0.255 bits per heavy atom. The number of unbranched alkanes of at least 4 members (excludes halogenated alkanes) is 56. The first-order chi connectivity index (χ1) is 51.4. The lowest BCUT2D eigenvalue weighted by molar-refractivity contribution is -0.161. The number of hydrogen-bond donors (Lipinski definition) is 3. The van der Waals surface area contributed by atoms with E-state index in [1.165, 1.54) is 283 Å². The van der Waals surface area contributed by atoms with Gasteiger partial charge in [-0.25, -0.2) is 9.13 Å². The molecule has 0 amide bonds. The van der Waals surface area contributed by atoms with Crippen molar-refractivity contribution in [2.75, 3.05) is 39.6 Å². The van der Waals surface area contributed by atoms with Gasteiger partial charge < -0.3 is 33.8 Å². The van der Waals surface area contributed by atoms with E-state index in [4.69, 9.17) is 37.0 Å². The first kappa shape index (κ1) is 104. The summed E-state index contributed by atoms with van der Waals surface area (Å²) in [5.74, 6) is -0.497. The first-order valence-corrected chi connectivity index (χ1v) is 48.0. The molecule has 0 saturated carbocycles. The molecular weight excluding hydrogens is 1380 g/mol. The van der Waals surface area contributed by atoms with Crippen molar-refractivity contribution in [1.29, 1.82) is 0 Å². The third kappa shape index (κ3) is 80.1. The number of carbonyl (C=O) groups is 4. The first-order valence-electron chi connectivity index (χ1n) is 45.0. The van der Waals surface area contributed by atoms with Crippen molar-refractivity contribution >= 4 is 39.5 Å². The van der Waals surface area contributed by atoms with E-state index in [0.717, 1.165) is 102 Å².